The highest BCUT2D eigenvalue weighted by Gasteiger charge is 2.13. The van der Waals surface area contributed by atoms with E-state index in [1.54, 1.807) is 0 Å². The summed E-state index contributed by atoms with van der Waals surface area (Å²) in [7, 11) is 0. The summed E-state index contributed by atoms with van der Waals surface area (Å²) < 4.78 is 5.65. The van der Waals surface area contributed by atoms with Crippen molar-refractivity contribution in [3.63, 3.8) is 0 Å². The molecule has 1 fully saturated rings. The van der Waals surface area contributed by atoms with Gasteiger partial charge in [-0.2, -0.15) is 0 Å². The number of hydrogen-bond acceptors (Lipinski definition) is 4. The zero-order valence-electron chi connectivity index (χ0n) is 11.5. The molecule has 6 nitrogen and oxygen atoms in total. The number of hydrogen-bond donors (Lipinski definition) is 3. The number of carbonyl (C=O) groups is 2. The first-order chi connectivity index (χ1) is 9.18. The summed E-state index contributed by atoms with van der Waals surface area (Å²) in [4.78, 5) is 22.0. The number of nitrogens with two attached hydrogens (primary N) is 1. The molecular formula is C13H25N3O3. The van der Waals surface area contributed by atoms with E-state index in [1.165, 1.54) is 0 Å². The smallest absolute Gasteiger partial charge is 0.222 e. The monoisotopic (exact) mass is 271 g/mol. The van der Waals surface area contributed by atoms with Gasteiger partial charge in [-0.05, 0) is 38.8 Å². The van der Waals surface area contributed by atoms with Crippen LogP contribution in [0.4, 0.5) is 0 Å². The maximum absolute atomic E-state index is 11.5. The Bertz CT molecular complexity index is 278. The molecule has 1 rings (SSSR count). The van der Waals surface area contributed by atoms with Crippen LogP contribution in [0.2, 0.25) is 0 Å². The predicted octanol–water partition coefficient (Wildman–Crippen LogP) is -0.0831. The Morgan fingerprint density at radius 2 is 1.95 bits per heavy atom. The summed E-state index contributed by atoms with van der Waals surface area (Å²) in [6.07, 6.45) is 4.63. The molecule has 110 valence electrons. The second-order valence-electron chi connectivity index (χ2n) is 4.84. The van der Waals surface area contributed by atoms with Crippen molar-refractivity contribution < 1.29 is 14.3 Å². The predicted molar refractivity (Wildman–Crippen MR) is 72.5 cm³/mol. The number of nitrogens with one attached hydrogen (secondary N) is 2. The van der Waals surface area contributed by atoms with E-state index in [2.05, 4.69) is 10.6 Å². The molecule has 0 spiro atoms. The van der Waals surface area contributed by atoms with Crippen molar-refractivity contribution in [3.8, 4) is 0 Å². The van der Waals surface area contributed by atoms with Crippen molar-refractivity contribution >= 4 is 11.8 Å². The van der Waals surface area contributed by atoms with E-state index in [0.717, 1.165) is 38.8 Å². The van der Waals surface area contributed by atoms with Gasteiger partial charge in [0.05, 0.1) is 12.7 Å². The molecule has 0 unspecified atom stereocenters. The molecule has 6 heteroatoms. The molecule has 1 aliphatic rings. The third kappa shape index (κ3) is 8.56. The minimum Gasteiger partial charge on any atom is -0.378 e. The van der Waals surface area contributed by atoms with Crippen LogP contribution < -0.4 is 16.4 Å². The molecule has 4 N–H and O–H groups in total. The number of carbonyl (C=O) groups excluding carboxylic acids is 2. The molecule has 0 bridgehead atoms. The fraction of sp³-hybridized carbons (Fsp3) is 0.846. The van der Waals surface area contributed by atoms with Crippen molar-refractivity contribution in [2.45, 2.75) is 44.6 Å². The molecule has 0 saturated carbocycles. The highest BCUT2D eigenvalue weighted by molar-refractivity contribution is 5.76. The summed E-state index contributed by atoms with van der Waals surface area (Å²) in [5.74, 6) is -0.283. The lowest BCUT2D eigenvalue weighted by Crippen LogP contribution is -2.33. The SMILES string of the molecule is NC(=O)CCCCNC(=O)CCOC1CCNCC1. The van der Waals surface area contributed by atoms with E-state index in [1.807, 2.05) is 0 Å². The van der Waals surface area contributed by atoms with E-state index in [9.17, 15) is 9.59 Å². The lowest BCUT2D eigenvalue weighted by Gasteiger charge is -2.22. The Hall–Kier alpha value is -1.14. The van der Waals surface area contributed by atoms with Crippen molar-refractivity contribution in [3.05, 3.63) is 0 Å². The fourth-order valence-corrected chi connectivity index (χ4v) is 2.02. The van der Waals surface area contributed by atoms with Gasteiger partial charge in [0.2, 0.25) is 11.8 Å². The van der Waals surface area contributed by atoms with E-state index >= 15 is 0 Å². The van der Waals surface area contributed by atoms with E-state index in [-0.39, 0.29) is 11.8 Å². The van der Waals surface area contributed by atoms with Crippen LogP contribution in [0.1, 0.15) is 38.5 Å². The summed E-state index contributed by atoms with van der Waals surface area (Å²) in [5, 5.41) is 6.08. The van der Waals surface area contributed by atoms with E-state index < -0.39 is 0 Å². The Labute approximate surface area is 114 Å². The second-order valence-corrected chi connectivity index (χ2v) is 4.84. The van der Waals surface area contributed by atoms with Gasteiger partial charge in [-0.3, -0.25) is 9.59 Å². The fourth-order valence-electron chi connectivity index (χ4n) is 2.02. The van der Waals surface area contributed by atoms with Gasteiger partial charge >= 0.3 is 0 Å². The van der Waals surface area contributed by atoms with Gasteiger partial charge in [0.25, 0.3) is 0 Å². The highest BCUT2D eigenvalue weighted by atomic mass is 16.5. The molecule has 1 saturated heterocycles. The summed E-state index contributed by atoms with van der Waals surface area (Å²) in [6.45, 7) is 3.07. The standard InChI is InChI=1S/C13H25N3O3/c14-12(17)3-1-2-7-16-13(18)6-10-19-11-4-8-15-9-5-11/h11,15H,1-10H2,(H2,14,17)(H,16,18). The average Bonchev–Trinajstić information content (AvgIpc) is 2.39. The number of unbranched alkanes of at least 4 members (excludes halogenated alkanes) is 1. The normalized spacial score (nSPS) is 16.2. The summed E-state index contributed by atoms with van der Waals surface area (Å²) in [6, 6.07) is 0. The number of amides is 2. The zero-order valence-corrected chi connectivity index (χ0v) is 11.5. The van der Waals surface area contributed by atoms with Crippen LogP contribution in [0.3, 0.4) is 0 Å². The third-order valence-electron chi connectivity index (χ3n) is 3.14. The molecule has 0 atom stereocenters. The minimum atomic E-state index is -0.290. The quantitative estimate of drug-likeness (QED) is 0.511. The van der Waals surface area contributed by atoms with Crippen LogP contribution >= 0.6 is 0 Å². The van der Waals surface area contributed by atoms with Gasteiger partial charge in [-0.25, -0.2) is 0 Å². The molecule has 0 aromatic heterocycles. The minimum absolute atomic E-state index is 0.00742. The van der Waals surface area contributed by atoms with E-state index in [0.29, 0.717) is 32.1 Å². The maximum Gasteiger partial charge on any atom is 0.222 e. The molecule has 1 aliphatic heterocycles. The molecule has 0 radical (unpaired) electrons. The van der Waals surface area contributed by atoms with Gasteiger partial charge in [0, 0.05) is 19.4 Å². The number of primary amides is 1. The van der Waals surface area contributed by atoms with Crippen LogP contribution in [0, 0.1) is 0 Å². The summed E-state index contributed by atoms with van der Waals surface area (Å²) in [5.41, 5.74) is 5.02. The topological polar surface area (TPSA) is 93.5 Å². The first kappa shape index (κ1) is 15.9. The Kier molecular flexibility index (Phi) is 8.16. The van der Waals surface area contributed by atoms with Crippen LogP contribution in [-0.2, 0) is 14.3 Å². The molecule has 0 aliphatic carbocycles. The van der Waals surface area contributed by atoms with Crippen molar-refractivity contribution in [2.24, 2.45) is 5.73 Å². The van der Waals surface area contributed by atoms with Gasteiger partial charge in [0.1, 0.15) is 0 Å². The molecule has 0 aromatic carbocycles. The zero-order chi connectivity index (χ0) is 13.9. The van der Waals surface area contributed by atoms with Gasteiger partial charge in [-0.1, -0.05) is 0 Å². The van der Waals surface area contributed by atoms with Gasteiger partial charge in [0.15, 0.2) is 0 Å². The summed E-state index contributed by atoms with van der Waals surface area (Å²) >= 11 is 0. The van der Waals surface area contributed by atoms with Crippen LogP contribution in [-0.4, -0.2) is 44.2 Å². The van der Waals surface area contributed by atoms with Crippen molar-refractivity contribution in [1.82, 2.24) is 10.6 Å². The number of piperidine rings is 1. The number of rotatable bonds is 9. The van der Waals surface area contributed by atoms with E-state index in [4.69, 9.17) is 10.5 Å². The molecule has 19 heavy (non-hydrogen) atoms. The molecule has 1 heterocycles. The average molecular weight is 271 g/mol. The lowest BCUT2D eigenvalue weighted by molar-refractivity contribution is -0.122. The number of ether oxygens (including phenoxy) is 1. The van der Waals surface area contributed by atoms with Crippen LogP contribution in [0.15, 0.2) is 0 Å². The van der Waals surface area contributed by atoms with Gasteiger partial charge < -0.3 is 21.1 Å². The molecule has 2 amide bonds. The Balaban J connectivity index is 1.91. The highest BCUT2D eigenvalue weighted by Crippen LogP contribution is 2.07. The molecule has 0 aromatic rings. The second kappa shape index (κ2) is 9.75. The lowest BCUT2D eigenvalue weighted by atomic mass is 10.1. The Morgan fingerprint density at radius 1 is 1.21 bits per heavy atom. The first-order valence-corrected chi connectivity index (χ1v) is 7.06. The van der Waals surface area contributed by atoms with Crippen LogP contribution in [0.5, 0.6) is 0 Å². The van der Waals surface area contributed by atoms with Gasteiger partial charge in [-0.15, -0.1) is 0 Å². The largest absolute Gasteiger partial charge is 0.378 e. The maximum atomic E-state index is 11.5. The van der Waals surface area contributed by atoms with Crippen molar-refractivity contribution in [2.75, 3.05) is 26.2 Å². The Morgan fingerprint density at radius 3 is 2.63 bits per heavy atom. The van der Waals surface area contributed by atoms with Crippen molar-refractivity contribution in [1.29, 1.82) is 0 Å². The third-order valence-corrected chi connectivity index (χ3v) is 3.14. The first-order valence-electron chi connectivity index (χ1n) is 7.06. The van der Waals surface area contributed by atoms with Crippen LogP contribution in [0.25, 0.3) is 0 Å². The molecular weight excluding hydrogens is 246 g/mol.